The van der Waals surface area contributed by atoms with Gasteiger partial charge < -0.3 is 10.9 Å². The van der Waals surface area contributed by atoms with E-state index in [0.29, 0.717) is 6.54 Å². The van der Waals surface area contributed by atoms with Gasteiger partial charge >= 0.3 is 0 Å². The largest absolute Gasteiger partial charge is 0.409 e. The minimum Gasteiger partial charge on any atom is -0.409 e. The van der Waals surface area contributed by atoms with Crippen molar-refractivity contribution in [3.63, 3.8) is 0 Å². The molecular weight excluding hydrogens is 208 g/mol. The van der Waals surface area contributed by atoms with Crippen LogP contribution in [0.3, 0.4) is 0 Å². The first-order chi connectivity index (χ1) is 6.52. The van der Waals surface area contributed by atoms with Gasteiger partial charge in [0.2, 0.25) is 0 Å². The minimum atomic E-state index is -3.44. The van der Waals surface area contributed by atoms with Crippen molar-refractivity contribution in [2.75, 3.05) is 13.1 Å². The predicted octanol–water partition coefficient (Wildman–Crippen LogP) is -1.04. The van der Waals surface area contributed by atoms with Crippen LogP contribution in [0, 0.1) is 0 Å². The number of nitrogens with one attached hydrogen (secondary N) is 2. The summed E-state index contributed by atoms with van der Waals surface area (Å²) in [5, 5.41) is 10.9. The van der Waals surface area contributed by atoms with Crippen LogP contribution in [-0.4, -0.2) is 32.6 Å². The SMILES string of the molecule is CCCNS(=O)(=O)NCCC(N)=NO. The van der Waals surface area contributed by atoms with E-state index in [1.165, 1.54) is 0 Å². The lowest BCUT2D eigenvalue weighted by molar-refractivity contribution is 0.317. The number of nitrogens with zero attached hydrogens (tertiary/aromatic N) is 1. The number of amidine groups is 1. The lowest BCUT2D eigenvalue weighted by Crippen LogP contribution is -2.38. The van der Waals surface area contributed by atoms with E-state index >= 15 is 0 Å². The molecule has 0 amide bonds. The molecule has 0 saturated heterocycles. The molecule has 0 atom stereocenters. The zero-order valence-corrected chi connectivity index (χ0v) is 8.84. The second kappa shape index (κ2) is 6.57. The number of nitrogens with two attached hydrogens (primary N) is 1. The summed E-state index contributed by atoms with van der Waals surface area (Å²) in [6, 6.07) is 0. The second-order valence-corrected chi connectivity index (χ2v) is 4.22. The first-order valence-electron chi connectivity index (χ1n) is 4.22. The smallest absolute Gasteiger partial charge is 0.276 e. The van der Waals surface area contributed by atoms with Crippen LogP contribution in [0.5, 0.6) is 0 Å². The quantitative estimate of drug-likeness (QED) is 0.191. The molecule has 84 valence electrons. The Balaban J connectivity index is 3.77. The molecule has 0 fully saturated rings. The fourth-order valence-electron chi connectivity index (χ4n) is 0.651. The van der Waals surface area contributed by atoms with Crippen molar-refractivity contribution in [1.82, 2.24) is 9.44 Å². The van der Waals surface area contributed by atoms with Crippen molar-refractivity contribution in [2.24, 2.45) is 10.9 Å². The molecule has 7 nitrogen and oxygen atoms in total. The highest BCUT2D eigenvalue weighted by Crippen LogP contribution is 1.82. The second-order valence-electron chi connectivity index (χ2n) is 2.63. The average Bonchev–Trinajstić information content (AvgIpc) is 2.14. The maximum atomic E-state index is 11.1. The average molecular weight is 224 g/mol. The molecule has 0 aliphatic heterocycles. The Kier molecular flexibility index (Phi) is 6.17. The van der Waals surface area contributed by atoms with Gasteiger partial charge in [0.15, 0.2) is 0 Å². The first-order valence-corrected chi connectivity index (χ1v) is 5.70. The Morgan fingerprint density at radius 3 is 2.50 bits per heavy atom. The summed E-state index contributed by atoms with van der Waals surface area (Å²) < 4.78 is 26.8. The van der Waals surface area contributed by atoms with E-state index in [1.807, 2.05) is 6.92 Å². The van der Waals surface area contributed by atoms with Crippen molar-refractivity contribution in [2.45, 2.75) is 19.8 Å². The summed E-state index contributed by atoms with van der Waals surface area (Å²) in [5.41, 5.74) is 5.15. The number of hydrogen-bond donors (Lipinski definition) is 4. The van der Waals surface area contributed by atoms with Gasteiger partial charge in [-0.05, 0) is 6.42 Å². The molecule has 0 aliphatic rings. The molecule has 5 N–H and O–H groups in total. The zero-order chi connectivity index (χ0) is 11.0. The summed E-state index contributed by atoms with van der Waals surface area (Å²) >= 11 is 0. The van der Waals surface area contributed by atoms with Crippen LogP contribution in [-0.2, 0) is 10.2 Å². The van der Waals surface area contributed by atoms with Crippen LogP contribution in [0.25, 0.3) is 0 Å². The van der Waals surface area contributed by atoms with Crippen LogP contribution >= 0.6 is 0 Å². The molecule has 0 aromatic heterocycles. The summed E-state index contributed by atoms with van der Waals surface area (Å²) in [5.74, 6) is -0.0109. The summed E-state index contributed by atoms with van der Waals surface area (Å²) in [4.78, 5) is 0. The summed E-state index contributed by atoms with van der Waals surface area (Å²) in [6.45, 7) is 2.35. The molecule has 8 heteroatoms. The van der Waals surface area contributed by atoms with Crippen LogP contribution in [0.1, 0.15) is 19.8 Å². The van der Waals surface area contributed by atoms with E-state index < -0.39 is 10.2 Å². The molecule has 0 spiro atoms. The summed E-state index contributed by atoms with van der Waals surface area (Å²) in [6.07, 6.45) is 0.894. The molecular formula is C6H16N4O3S. The van der Waals surface area contributed by atoms with Gasteiger partial charge in [-0.25, -0.2) is 9.44 Å². The predicted molar refractivity (Wildman–Crippen MR) is 53.2 cm³/mol. The van der Waals surface area contributed by atoms with Crippen molar-refractivity contribution in [3.05, 3.63) is 0 Å². The number of hydrogen-bond acceptors (Lipinski definition) is 4. The molecule has 0 unspecified atom stereocenters. The van der Waals surface area contributed by atoms with Gasteiger partial charge in [-0.2, -0.15) is 8.42 Å². The van der Waals surface area contributed by atoms with Gasteiger partial charge in [0.25, 0.3) is 10.2 Å². The maximum Gasteiger partial charge on any atom is 0.276 e. The van der Waals surface area contributed by atoms with Gasteiger partial charge in [-0.1, -0.05) is 12.1 Å². The van der Waals surface area contributed by atoms with E-state index in [9.17, 15) is 8.42 Å². The highest BCUT2D eigenvalue weighted by molar-refractivity contribution is 7.87. The molecule has 0 saturated carbocycles. The van der Waals surface area contributed by atoms with E-state index in [1.54, 1.807) is 0 Å². The van der Waals surface area contributed by atoms with Gasteiger partial charge in [0.05, 0.1) is 0 Å². The van der Waals surface area contributed by atoms with Crippen molar-refractivity contribution >= 4 is 16.0 Å². The first kappa shape index (κ1) is 13.1. The Hall–Kier alpha value is -0.860. The maximum absolute atomic E-state index is 11.1. The molecule has 14 heavy (non-hydrogen) atoms. The molecule has 0 aromatic rings. The fourth-order valence-corrected chi connectivity index (χ4v) is 1.60. The minimum absolute atomic E-state index is 0.0109. The zero-order valence-electron chi connectivity index (χ0n) is 8.02. The number of rotatable bonds is 7. The topological polar surface area (TPSA) is 117 Å². The van der Waals surface area contributed by atoms with Gasteiger partial charge in [-0.3, -0.25) is 0 Å². The molecule has 0 heterocycles. The Labute approximate surface area is 83.5 Å². The van der Waals surface area contributed by atoms with Crippen LogP contribution < -0.4 is 15.2 Å². The molecule has 0 bridgehead atoms. The molecule has 0 aliphatic carbocycles. The third-order valence-electron chi connectivity index (χ3n) is 1.34. The van der Waals surface area contributed by atoms with Crippen LogP contribution in [0.4, 0.5) is 0 Å². The van der Waals surface area contributed by atoms with Gasteiger partial charge in [0.1, 0.15) is 5.84 Å². The molecule has 0 rings (SSSR count). The van der Waals surface area contributed by atoms with E-state index in [2.05, 4.69) is 14.6 Å². The lowest BCUT2D eigenvalue weighted by atomic mass is 10.4. The Morgan fingerprint density at radius 2 is 2.00 bits per heavy atom. The Bertz CT molecular complexity index is 275. The van der Waals surface area contributed by atoms with Crippen molar-refractivity contribution < 1.29 is 13.6 Å². The van der Waals surface area contributed by atoms with Crippen molar-refractivity contribution in [3.8, 4) is 0 Å². The van der Waals surface area contributed by atoms with Gasteiger partial charge in [0, 0.05) is 19.5 Å². The van der Waals surface area contributed by atoms with E-state index in [4.69, 9.17) is 10.9 Å². The third kappa shape index (κ3) is 6.63. The van der Waals surface area contributed by atoms with Crippen LogP contribution in [0.15, 0.2) is 5.16 Å². The Morgan fingerprint density at radius 1 is 1.43 bits per heavy atom. The molecule has 0 aromatic carbocycles. The normalized spacial score (nSPS) is 13.1. The highest BCUT2D eigenvalue weighted by atomic mass is 32.2. The van der Waals surface area contributed by atoms with Crippen molar-refractivity contribution in [1.29, 1.82) is 0 Å². The number of oxime groups is 1. The summed E-state index contributed by atoms with van der Waals surface area (Å²) in [7, 11) is -3.44. The lowest BCUT2D eigenvalue weighted by Gasteiger charge is -2.06. The fraction of sp³-hybridized carbons (Fsp3) is 0.833. The highest BCUT2D eigenvalue weighted by Gasteiger charge is 2.06. The standard InChI is InChI=1S/C6H16N4O3S/c1-2-4-8-14(12,13)9-5-3-6(7)10-11/h8-9,11H,2-5H2,1H3,(H2,7,10). The van der Waals surface area contributed by atoms with E-state index in [0.717, 1.165) is 6.42 Å². The monoisotopic (exact) mass is 224 g/mol. The molecule has 0 radical (unpaired) electrons. The van der Waals surface area contributed by atoms with Gasteiger partial charge in [-0.15, -0.1) is 0 Å². The third-order valence-corrected chi connectivity index (χ3v) is 2.51. The van der Waals surface area contributed by atoms with Crippen LogP contribution in [0.2, 0.25) is 0 Å². The van der Waals surface area contributed by atoms with E-state index in [-0.39, 0.29) is 18.8 Å².